The number of carbonyl (C=O) groups is 1. The van der Waals surface area contributed by atoms with Gasteiger partial charge >= 0.3 is 0 Å². The molecule has 1 unspecified atom stereocenters. The zero-order valence-corrected chi connectivity index (χ0v) is 19.7. The van der Waals surface area contributed by atoms with E-state index in [1.165, 1.54) is 0 Å². The maximum atomic E-state index is 13.0. The van der Waals surface area contributed by atoms with Gasteiger partial charge in [-0.1, -0.05) is 36.4 Å². The minimum Gasteiger partial charge on any atom is -0.496 e. The maximum Gasteiger partial charge on any atom is 0.255 e. The Balaban J connectivity index is 1.55. The Morgan fingerprint density at radius 2 is 1.59 bits per heavy atom. The number of para-hydroxylation sites is 5. The van der Waals surface area contributed by atoms with Crippen LogP contribution in [-0.4, -0.2) is 35.8 Å². The van der Waals surface area contributed by atoms with Crippen LogP contribution in [0.4, 0.5) is 0 Å². The lowest BCUT2D eigenvalue weighted by molar-refractivity contribution is 0.0934. The number of nitrogens with one attached hydrogen (secondary N) is 1. The van der Waals surface area contributed by atoms with E-state index >= 15 is 0 Å². The fraction of sp³-hybridized carbons (Fsp3) is 0.259. The first-order valence-corrected chi connectivity index (χ1v) is 11.4. The van der Waals surface area contributed by atoms with E-state index < -0.39 is 0 Å². The van der Waals surface area contributed by atoms with E-state index in [2.05, 4.69) is 9.88 Å². The zero-order valence-electron chi connectivity index (χ0n) is 19.7. The standard InChI is InChI=1S/C27H29N3O4/c1-4-33-24-15-9-10-16-25(24)34-18-17-30-22-13-7-6-12-21(22)29-26(30)19(2)28-27(31)20-11-5-8-14-23(20)32-3/h5-16,19H,4,17-18H2,1-3H3,(H,28,31). The van der Waals surface area contributed by atoms with Crippen LogP contribution in [-0.2, 0) is 6.54 Å². The number of benzene rings is 3. The highest BCUT2D eigenvalue weighted by molar-refractivity contribution is 5.97. The van der Waals surface area contributed by atoms with Crippen LogP contribution < -0.4 is 19.5 Å². The van der Waals surface area contributed by atoms with Crippen LogP contribution in [0.5, 0.6) is 17.2 Å². The molecule has 0 bridgehead atoms. The van der Waals surface area contributed by atoms with Crippen molar-refractivity contribution < 1.29 is 19.0 Å². The number of ether oxygens (including phenoxy) is 3. The molecule has 34 heavy (non-hydrogen) atoms. The van der Waals surface area contributed by atoms with Crippen molar-refractivity contribution in [2.75, 3.05) is 20.3 Å². The second-order valence-electron chi connectivity index (χ2n) is 7.73. The second kappa shape index (κ2) is 10.7. The first-order chi connectivity index (χ1) is 16.6. The van der Waals surface area contributed by atoms with Crippen molar-refractivity contribution in [3.8, 4) is 17.2 Å². The highest BCUT2D eigenvalue weighted by Gasteiger charge is 2.20. The van der Waals surface area contributed by atoms with Crippen molar-refractivity contribution in [1.82, 2.24) is 14.9 Å². The van der Waals surface area contributed by atoms with Gasteiger partial charge in [0, 0.05) is 0 Å². The van der Waals surface area contributed by atoms with Crippen LogP contribution in [0.25, 0.3) is 11.0 Å². The van der Waals surface area contributed by atoms with Crippen LogP contribution in [0.15, 0.2) is 72.8 Å². The van der Waals surface area contributed by atoms with Gasteiger partial charge in [-0.05, 0) is 50.2 Å². The lowest BCUT2D eigenvalue weighted by Gasteiger charge is -2.18. The van der Waals surface area contributed by atoms with Gasteiger partial charge in [0.25, 0.3) is 5.91 Å². The van der Waals surface area contributed by atoms with Crippen molar-refractivity contribution >= 4 is 16.9 Å². The van der Waals surface area contributed by atoms with E-state index in [1.807, 2.05) is 74.5 Å². The second-order valence-corrected chi connectivity index (χ2v) is 7.73. The molecule has 0 aliphatic carbocycles. The normalized spacial score (nSPS) is 11.7. The van der Waals surface area contributed by atoms with Gasteiger partial charge in [0.2, 0.25) is 0 Å². The number of hydrogen-bond donors (Lipinski definition) is 1. The Morgan fingerprint density at radius 3 is 2.32 bits per heavy atom. The fourth-order valence-corrected chi connectivity index (χ4v) is 3.92. The number of nitrogens with zero attached hydrogens (tertiary/aromatic N) is 2. The molecule has 0 saturated heterocycles. The SMILES string of the molecule is CCOc1ccccc1OCCn1c(C(C)NC(=O)c2ccccc2OC)nc2ccccc21. The number of rotatable bonds is 10. The number of methoxy groups -OCH3 is 1. The molecule has 0 saturated carbocycles. The monoisotopic (exact) mass is 459 g/mol. The van der Waals surface area contributed by atoms with Crippen molar-refractivity contribution in [1.29, 1.82) is 0 Å². The van der Waals surface area contributed by atoms with Crippen LogP contribution in [0.3, 0.4) is 0 Å². The van der Waals surface area contributed by atoms with E-state index in [0.717, 1.165) is 22.6 Å². The van der Waals surface area contributed by atoms with Gasteiger partial charge in [-0.3, -0.25) is 4.79 Å². The van der Waals surface area contributed by atoms with E-state index in [-0.39, 0.29) is 11.9 Å². The molecule has 0 aliphatic heterocycles. The Labute approximate surface area is 199 Å². The van der Waals surface area contributed by atoms with Gasteiger partial charge in [-0.25, -0.2) is 4.98 Å². The minimum atomic E-state index is -0.333. The topological polar surface area (TPSA) is 74.6 Å². The first-order valence-electron chi connectivity index (χ1n) is 11.4. The number of carbonyl (C=O) groups excluding carboxylic acids is 1. The van der Waals surface area contributed by atoms with Crippen molar-refractivity contribution in [2.24, 2.45) is 0 Å². The number of fused-ring (bicyclic) bond motifs is 1. The summed E-state index contributed by atoms with van der Waals surface area (Å²) in [6.07, 6.45) is 0. The molecular formula is C27H29N3O4. The average Bonchev–Trinajstić information content (AvgIpc) is 3.24. The third kappa shape index (κ3) is 4.98. The molecule has 1 heterocycles. The number of aromatic nitrogens is 2. The van der Waals surface area contributed by atoms with Crippen molar-refractivity contribution in [2.45, 2.75) is 26.4 Å². The first kappa shape index (κ1) is 23.2. The Morgan fingerprint density at radius 1 is 0.941 bits per heavy atom. The summed E-state index contributed by atoms with van der Waals surface area (Å²) in [7, 11) is 1.55. The van der Waals surface area contributed by atoms with Gasteiger partial charge < -0.3 is 24.1 Å². The van der Waals surface area contributed by atoms with Crippen LogP contribution in [0.1, 0.15) is 36.1 Å². The van der Waals surface area contributed by atoms with Gasteiger partial charge in [-0.2, -0.15) is 0 Å². The average molecular weight is 460 g/mol. The largest absolute Gasteiger partial charge is 0.496 e. The smallest absolute Gasteiger partial charge is 0.255 e. The highest BCUT2D eigenvalue weighted by Crippen LogP contribution is 2.27. The van der Waals surface area contributed by atoms with Crippen LogP contribution in [0.2, 0.25) is 0 Å². The number of hydrogen-bond acceptors (Lipinski definition) is 5. The van der Waals surface area contributed by atoms with Gasteiger partial charge in [0.05, 0.1) is 42.9 Å². The molecule has 3 aromatic carbocycles. The highest BCUT2D eigenvalue weighted by atomic mass is 16.5. The lowest BCUT2D eigenvalue weighted by Crippen LogP contribution is -2.29. The molecule has 4 rings (SSSR count). The molecule has 7 heteroatoms. The van der Waals surface area contributed by atoms with Crippen LogP contribution in [0, 0.1) is 0 Å². The minimum absolute atomic E-state index is 0.217. The molecule has 1 N–H and O–H groups in total. The van der Waals surface area contributed by atoms with Gasteiger partial charge in [0.15, 0.2) is 11.5 Å². The summed E-state index contributed by atoms with van der Waals surface area (Å²) >= 11 is 0. The van der Waals surface area contributed by atoms with Gasteiger partial charge in [-0.15, -0.1) is 0 Å². The summed E-state index contributed by atoms with van der Waals surface area (Å²) in [5, 5.41) is 3.06. The Hall–Kier alpha value is -4.00. The van der Waals surface area contributed by atoms with E-state index in [9.17, 15) is 4.79 Å². The number of imidazole rings is 1. The molecule has 0 radical (unpaired) electrons. The molecule has 1 atom stereocenters. The quantitative estimate of drug-likeness (QED) is 0.361. The van der Waals surface area contributed by atoms with Crippen molar-refractivity contribution in [3.63, 3.8) is 0 Å². The van der Waals surface area contributed by atoms with E-state index in [4.69, 9.17) is 19.2 Å². The molecule has 4 aromatic rings. The predicted octanol–water partition coefficient (Wildman–Crippen LogP) is 5.01. The summed E-state index contributed by atoms with van der Waals surface area (Å²) in [5.41, 5.74) is 2.33. The lowest BCUT2D eigenvalue weighted by atomic mass is 10.1. The molecule has 0 aliphatic rings. The predicted molar refractivity (Wildman–Crippen MR) is 132 cm³/mol. The number of amides is 1. The fourth-order valence-electron chi connectivity index (χ4n) is 3.92. The molecule has 0 spiro atoms. The van der Waals surface area contributed by atoms with Crippen LogP contribution >= 0.6 is 0 Å². The summed E-state index contributed by atoms with van der Waals surface area (Å²) < 4.78 is 19.1. The third-order valence-corrected chi connectivity index (χ3v) is 5.49. The summed E-state index contributed by atoms with van der Waals surface area (Å²) in [4.78, 5) is 17.8. The molecule has 1 aromatic heterocycles. The molecular weight excluding hydrogens is 430 g/mol. The van der Waals surface area contributed by atoms with E-state index in [0.29, 0.717) is 36.8 Å². The molecule has 176 valence electrons. The maximum absolute atomic E-state index is 13.0. The van der Waals surface area contributed by atoms with Gasteiger partial charge in [0.1, 0.15) is 18.2 Å². The Bertz CT molecular complexity index is 1270. The molecule has 7 nitrogen and oxygen atoms in total. The zero-order chi connectivity index (χ0) is 23.9. The summed E-state index contributed by atoms with van der Waals surface area (Å²) in [6, 6.07) is 22.4. The summed E-state index contributed by atoms with van der Waals surface area (Å²) in [6.45, 7) is 5.42. The van der Waals surface area contributed by atoms with Crippen molar-refractivity contribution in [3.05, 3.63) is 84.2 Å². The third-order valence-electron chi connectivity index (χ3n) is 5.49. The summed E-state index contributed by atoms with van der Waals surface area (Å²) in [5.74, 6) is 2.49. The van der Waals surface area contributed by atoms with E-state index in [1.54, 1.807) is 19.2 Å². The molecule has 1 amide bonds. The molecule has 0 fully saturated rings. The Kier molecular flexibility index (Phi) is 7.32.